The first-order valence-corrected chi connectivity index (χ1v) is 3.99. The van der Waals surface area contributed by atoms with Gasteiger partial charge in [0, 0.05) is 18.5 Å². The first-order chi connectivity index (χ1) is 7.22. The molecule has 0 saturated heterocycles. The smallest absolute Gasteiger partial charge is 0.371 e. The third-order valence-corrected chi connectivity index (χ3v) is 1.78. The Morgan fingerprint density at radius 2 is 2.40 bits per heavy atom. The van der Waals surface area contributed by atoms with Crippen LogP contribution in [0.1, 0.15) is 16.4 Å². The highest BCUT2D eigenvalue weighted by molar-refractivity contribution is 5.84. The number of nitriles is 1. The normalized spacial score (nSPS) is 9.80. The molecule has 0 atom stereocenters. The van der Waals surface area contributed by atoms with Gasteiger partial charge in [-0.05, 0) is 6.07 Å². The van der Waals surface area contributed by atoms with Crippen LogP contribution in [-0.2, 0) is 0 Å². The summed E-state index contributed by atoms with van der Waals surface area (Å²) >= 11 is 0. The van der Waals surface area contributed by atoms with E-state index >= 15 is 0 Å². The Morgan fingerprint density at radius 1 is 1.60 bits per heavy atom. The van der Waals surface area contributed by atoms with Crippen molar-refractivity contribution in [2.24, 2.45) is 0 Å². The van der Waals surface area contributed by atoms with E-state index in [1.807, 2.05) is 6.07 Å². The van der Waals surface area contributed by atoms with Crippen molar-refractivity contribution in [2.45, 2.75) is 0 Å². The highest BCUT2D eigenvalue weighted by atomic mass is 16.4. The van der Waals surface area contributed by atoms with Crippen molar-refractivity contribution in [3.63, 3.8) is 0 Å². The summed E-state index contributed by atoms with van der Waals surface area (Å²) in [4.78, 5) is 14.3. The number of aromatic nitrogens is 2. The van der Waals surface area contributed by atoms with E-state index in [2.05, 4.69) is 4.98 Å². The van der Waals surface area contributed by atoms with Crippen molar-refractivity contribution < 1.29 is 14.3 Å². The molecule has 0 fully saturated rings. The molecule has 15 heavy (non-hydrogen) atoms. The second kappa shape index (κ2) is 3.31. The van der Waals surface area contributed by atoms with Gasteiger partial charge in [0.25, 0.3) is 0 Å². The molecule has 1 N–H and O–H groups in total. The summed E-state index contributed by atoms with van der Waals surface area (Å²) in [6, 6.07) is 4.64. The SMILES string of the molecule is N#Cc1nccn1-c1ccc(C(=O)O)o1. The Kier molecular flexibility index (Phi) is 1.99. The van der Waals surface area contributed by atoms with E-state index in [9.17, 15) is 4.79 Å². The zero-order chi connectivity index (χ0) is 10.8. The van der Waals surface area contributed by atoms with Crippen LogP contribution in [-0.4, -0.2) is 20.6 Å². The minimum Gasteiger partial charge on any atom is -0.475 e. The quantitative estimate of drug-likeness (QED) is 0.786. The number of carboxylic acid groups (broad SMARTS) is 1. The molecule has 0 unspecified atom stereocenters. The fourth-order valence-electron chi connectivity index (χ4n) is 1.14. The summed E-state index contributed by atoms with van der Waals surface area (Å²) in [6.07, 6.45) is 2.95. The molecule has 2 aromatic heterocycles. The summed E-state index contributed by atoms with van der Waals surface area (Å²) in [7, 11) is 0. The molecule has 74 valence electrons. The van der Waals surface area contributed by atoms with Crippen LogP contribution in [0.4, 0.5) is 0 Å². The van der Waals surface area contributed by atoms with Crippen LogP contribution in [0.25, 0.3) is 5.88 Å². The Morgan fingerprint density at radius 3 is 3.00 bits per heavy atom. The number of hydrogen-bond donors (Lipinski definition) is 1. The molecule has 0 amide bonds. The predicted molar refractivity (Wildman–Crippen MR) is 47.5 cm³/mol. The van der Waals surface area contributed by atoms with Gasteiger partial charge < -0.3 is 9.52 Å². The number of nitrogens with zero attached hydrogens (tertiary/aromatic N) is 3. The van der Waals surface area contributed by atoms with Gasteiger partial charge in [0.05, 0.1) is 0 Å². The lowest BCUT2D eigenvalue weighted by atomic mass is 10.4. The van der Waals surface area contributed by atoms with Crippen LogP contribution >= 0.6 is 0 Å². The van der Waals surface area contributed by atoms with Crippen LogP contribution in [0, 0.1) is 11.3 Å². The molecule has 2 rings (SSSR count). The number of furan rings is 1. The van der Waals surface area contributed by atoms with Crippen LogP contribution in [0.2, 0.25) is 0 Å². The van der Waals surface area contributed by atoms with Gasteiger partial charge in [0.1, 0.15) is 6.07 Å². The van der Waals surface area contributed by atoms with E-state index in [1.54, 1.807) is 0 Å². The molecule has 2 aromatic rings. The monoisotopic (exact) mass is 203 g/mol. The number of carboxylic acids is 1. The number of aromatic carboxylic acids is 1. The lowest BCUT2D eigenvalue weighted by Crippen LogP contribution is -1.95. The Hall–Kier alpha value is -2.55. The number of imidazole rings is 1. The minimum atomic E-state index is -1.15. The second-order valence-corrected chi connectivity index (χ2v) is 2.68. The second-order valence-electron chi connectivity index (χ2n) is 2.68. The van der Waals surface area contributed by atoms with E-state index in [4.69, 9.17) is 14.8 Å². The minimum absolute atomic E-state index is 0.140. The molecule has 0 aliphatic rings. The fourth-order valence-corrected chi connectivity index (χ4v) is 1.14. The summed E-state index contributed by atoms with van der Waals surface area (Å²) in [5.74, 6) is -0.940. The van der Waals surface area contributed by atoms with Crippen LogP contribution in [0.3, 0.4) is 0 Å². The van der Waals surface area contributed by atoms with Gasteiger partial charge in [-0.15, -0.1) is 0 Å². The first-order valence-electron chi connectivity index (χ1n) is 3.99. The van der Waals surface area contributed by atoms with E-state index in [1.165, 1.54) is 29.1 Å². The molecule has 0 radical (unpaired) electrons. The van der Waals surface area contributed by atoms with Crippen LogP contribution in [0.15, 0.2) is 28.9 Å². The largest absolute Gasteiger partial charge is 0.475 e. The van der Waals surface area contributed by atoms with E-state index in [0.717, 1.165) is 0 Å². The lowest BCUT2D eigenvalue weighted by Gasteiger charge is -1.96. The zero-order valence-electron chi connectivity index (χ0n) is 7.41. The molecule has 2 heterocycles. The van der Waals surface area contributed by atoms with Crippen molar-refractivity contribution in [3.8, 4) is 12.0 Å². The van der Waals surface area contributed by atoms with Crippen molar-refractivity contribution >= 4 is 5.97 Å². The average molecular weight is 203 g/mol. The topological polar surface area (TPSA) is 92.0 Å². The number of carbonyl (C=O) groups is 1. The fraction of sp³-hybridized carbons (Fsp3) is 0. The molecule has 0 bridgehead atoms. The Bertz CT molecular complexity index is 547. The molecule has 0 aliphatic carbocycles. The molecule has 0 saturated carbocycles. The van der Waals surface area contributed by atoms with Crippen LogP contribution in [0.5, 0.6) is 0 Å². The molecular formula is C9H5N3O3. The van der Waals surface area contributed by atoms with Crippen molar-refractivity contribution in [1.29, 1.82) is 5.26 Å². The van der Waals surface area contributed by atoms with Gasteiger partial charge in [-0.1, -0.05) is 0 Å². The van der Waals surface area contributed by atoms with Crippen molar-refractivity contribution in [3.05, 3.63) is 36.1 Å². The average Bonchev–Trinajstić information content (AvgIpc) is 2.85. The van der Waals surface area contributed by atoms with Gasteiger partial charge in [-0.3, -0.25) is 4.57 Å². The molecule has 6 heteroatoms. The van der Waals surface area contributed by atoms with Gasteiger partial charge in [-0.2, -0.15) is 5.26 Å². The van der Waals surface area contributed by atoms with Crippen LogP contribution < -0.4 is 0 Å². The third-order valence-electron chi connectivity index (χ3n) is 1.78. The van der Waals surface area contributed by atoms with E-state index in [-0.39, 0.29) is 17.5 Å². The van der Waals surface area contributed by atoms with Gasteiger partial charge in [0.15, 0.2) is 0 Å². The molecule has 0 aromatic carbocycles. The maximum atomic E-state index is 10.6. The lowest BCUT2D eigenvalue weighted by molar-refractivity contribution is 0.0662. The number of hydrogen-bond acceptors (Lipinski definition) is 4. The van der Waals surface area contributed by atoms with Gasteiger partial charge >= 0.3 is 5.97 Å². The van der Waals surface area contributed by atoms with Gasteiger partial charge in [0.2, 0.25) is 17.5 Å². The summed E-state index contributed by atoms with van der Waals surface area (Å²) in [5, 5.41) is 17.3. The molecule has 0 spiro atoms. The molecule has 6 nitrogen and oxygen atoms in total. The van der Waals surface area contributed by atoms with Crippen molar-refractivity contribution in [1.82, 2.24) is 9.55 Å². The molecule has 0 aliphatic heterocycles. The number of rotatable bonds is 2. The summed E-state index contributed by atoms with van der Waals surface area (Å²) < 4.78 is 6.37. The highest BCUT2D eigenvalue weighted by Gasteiger charge is 2.12. The zero-order valence-corrected chi connectivity index (χ0v) is 7.41. The maximum absolute atomic E-state index is 10.6. The first kappa shape index (κ1) is 9.02. The molecular weight excluding hydrogens is 198 g/mol. The summed E-state index contributed by atoms with van der Waals surface area (Å²) in [6.45, 7) is 0. The summed E-state index contributed by atoms with van der Waals surface area (Å²) in [5.41, 5.74) is 0. The Labute approximate surface area is 84.0 Å². The van der Waals surface area contributed by atoms with Gasteiger partial charge in [-0.25, -0.2) is 9.78 Å². The maximum Gasteiger partial charge on any atom is 0.371 e. The third kappa shape index (κ3) is 1.46. The standard InChI is InChI=1S/C9H5N3O3/c10-5-7-11-3-4-12(7)8-2-1-6(15-8)9(13)14/h1-4H,(H,13,14). The highest BCUT2D eigenvalue weighted by Crippen LogP contribution is 2.14. The Balaban J connectivity index is 2.47. The van der Waals surface area contributed by atoms with E-state index < -0.39 is 5.97 Å². The predicted octanol–water partition coefficient (Wildman–Crippen LogP) is 1.04. The van der Waals surface area contributed by atoms with E-state index in [0.29, 0.717) is 0 Å². The van der Waals surface area contributed by atoms with Crippen molar-refractivity contribution in [2.75, 3.05) is 0 Å².